The van der Waals surface area contributed by atoms with Crippen molar-refractivity contribution in [3.63, 3.8) is 0 Å². The smallest absolute Gasteiger partial charge is 0.274 e. The number of benzene rings is 3. The Bertz CT molecular complexity index is 1180. The number of nitrogens with one attached hydrogen (secondary N) is 1. The van der Waals surface area contributed by atoms with E-state index in [1.165, 1.54) is 18.3 Å². The van der Waals surface area contributed by atoms with Crippen molar-refractivity contribution in [2.75, 3.05) is 6.61 Å². The molecule has 0 atom stereocenters. The highest BCUT2D eigenvalue weighted by Gasteiger charge is 2.13. The number of hydrogen-bond donors (Lipinski definition) is 1. The first-order valence-corrected chi connectivity index (χ1v) is 10.5. The summed E-state index contributed by atoms with van der Waals surface area (Å²) in [6.45, 7) is 2.67. The number of ether oxygens (including phenoxy) is 2. The lowest BCUT2D eigenvalue weighted by molar-refractivity contribution is 0.0951. The monoisotopic (exact) mass is 495 g/mol. The molecule has 162 valence electrons. The molecule has 3 rings (SSSR count). The third-order valence-electron chi connectivity index (χ3n) is 4.28. The molecule has 0 aromatic heterocycles. The van der Waals surface area contributed by atoms with Crippen molar-refractivity contribution in [1.29, 1.82) is 5.26 Å². The maximum absolute atomic E-state index is 14.0. The molecule has 1 N–H and O–H groups in total. The van der Waals surface area contributed by atoms with E-state index < -0.39 is 11.7 Å². The van der Waals surface area contributed by atoms with Gasteiger partial charge in [-0.2, -0.15) is 10.4 Å². The van der Waals surface area contributed by atoms with E-state index in [4.69, 9.17) is 14.7 Å². The Labute approximate surface area is 193 Å². The van der Waals surface area contributed by atoms with Gasteiger partial charge in [0.25, 0.3) is 5.91 Å². The fraction of sp³-hybridized carbons (Fsp3) is 0.125. The van der Waals surface area contributed by atoms with Gasteiger partial charge in [-0.05, 0) is 64.3 Å². The molecule has 3 aromatic rings. The number of nitriles is 1. The van der Waals surface area contributed by atoms with Crippen molar-refractivity contribution in [2.45, 2.75) is 13.5 Å². The summed E-state index contributed by atoms with van der Waals surface area (Å²) in [4.78, 5) is 12.2. The van der Waals surface area contributed by atoms with Crippen LogP contribution in [0, 0.1) is 17.1 Å². The van der Waals surface area contributed by atoms with Crippen molar-refractivity contribution in [3.8, 4) is 17.6 Å². The fourth-order valence-electron chi connectivity index (χ4n) is 2.79. The molecule has 0 unspecified atom stereocenters. The van der Waals surface area contributed by atoms with Crippen molar-refractivity contribution in [3.05, 3.63) is 93.2 Å². The number of hydrazone groups is 1. The fourth-order valence-corrected chi connectivity index (χ4v) is 3.36. The molecule has 0 fully saturated rings. The minimum Gasteiger partial charge on any atom is -0.490 e. The van der Waals surface area contributed by atoms with Gasteiger partial charge >= 0.3 is 0 Å². The summed E-state index contributed by atoms with van der Waals surface area (Å²) < 4.78 is 26.3. The molecule has 0 heterocycles. The second-order valence-electron chi connectivity index (χ2n) is 6.54. The average Bonchev–Trinajstić information content (AvgIpc) is 2.79. The Hall–Kier alpha value is -3.70. The van der Waals surface area contributed by atoms with Crippen LogP contribution in [0.1, 0.15) is 34.0 Å². The Morgan fingerprint density at radius 3 is 2.66 bits per heavy atom. The number of nitrogens with zero attached hydrogens (tertiary/aromatic N) is 2. The highest BCUT2D eigenvalue weighted by molar-refractivity contribution is 9.10. The average molecular weight is 496 g/mol. The van der Waals surface area contributed by atoms with Crippen molar-refractivity contribution < 1.29 is 18.7 Å². The van der Waals surface area contributed by atoms with Gasteiger partial charge in [-0.1, -0.05) is 30.3 Å². The molecule has 0 aliphatic heterocycles. The van der Waals surface area contributed by atoms with E-state index in [0.29, 0.717) is 34.7 Å². The molecule has 0 aliphatic carbocycles. The second kappa shape index (κ2) is 11.1. The number of halogens is 2. The quantitative estimate of drug-likeness (QED) is 0.343. The summed E-state index contributed by atoms with van der Waals surface area (Å²) >= 11 is 3.49. The van der Waals surface area contributed by atoms with Crippen molar-refractivity contribution >= 4 is 28.1 Å². The number of rotatable bonds is 8. The molecule has 6 nitrogen and oxygen atoms in total. The zero-order valence-electron chi connectivity index (χ0n) is 17.1. The predicted octanol–water partition coefficient (Wildman–Crippen LogP) is 5.20. The van der Waals surface area contributed by atoms with E-state index in [0.717, 1.165) is 11.6 Å². The Kier molecular flexibility index (Phi) is 7.95. The number of amides is 1. The number of hydrogen-bond acceptors (Lipinski definition) is 5. The third kappa shape index (κ3) is 5.93. The van der Waals surface area contributed by atoms with Gasteiger partial charge in [-0.3, -0.25) is 4.79 Å². The lowest BCUT2D eigenvalue weighted by atomic mass is 10.1. The summed E-state index contributed by atoms with van der Waals surface area (Å²) in [5.74, 6) is -0.451. The van der Waals surface area contributed by atoms with Crippen LogP contribution in [0.3, 0.4) is 0 Å². The molecular formula is C24H19BrFN3O3. The molecule has 3 aromatic carbocycles. The van der Waals surface area contributed by atoms with Gasteiger partial charge in [0.2, 0.25) is 0 Å². The SMILES string of the molecule is CCOc1cc(/C=N/NC(=O)c2ccc(C#N)cc2F)cc(Br)c1OCc1ccccc1. The minimum atomic E-state index is -0.793. The second-order valence-corrected chi connectivity index (χ2v) is 7.40. The lowest BCUT2D eigenvalue weighted by Gasteiger charge is -2.14. The van der Waals surface area contributed by atoms with Crippen LogP contribution >= 0.6 is 15.9 Å². The summed E-state index contributed by atoms with van der Waals surface area (Å²) in [6.07, 6.45) is 1.41. The summed E-state index contributed by atoms with van der Waals surface area (Å²) in [7, 11) is 0. The molecule has 8 heteroatoms. The summed E-state index contributed by atoms with van der Waals surface area (Å²) in [5.41, 5.74) is 3.85. The van der Waals surface area contributed by atoms with E-state index in [1.54, 1.807) is 12.1 Å². The Morgan fingerprint density at radius 1 is 1.19 bits per heavy atom. The maximum atomic E-state index is 14.0. The lowest BCUT2D eigenvalue weighted by Crippen LogP contribution is -2.19. The first-order chi connectivity index (χ1) is 15.5. The number of carbonyl (C=O) groups is 1. The van der Waals surface area contributed by atoms with Crippen molar-refractivity contribution in [1.82, 2.24) is 5.43 Å². The van der Waals surface area contributed by atoms with Crippen LogP contribution in [-0.2, 0) is 6.61 Å². The maximum Gasteiger partial charge on any atom is 0.274 e. The molecule has 0 aliphatic rings. The van der Waals surface area contributed by atoms with E-state index in [9.17, 15) is 9.18 Å². The van der Waals surface area contributed by atoms with Crippen LogP contribution in [0.25, 0.3) is 0 Å². The molecule has 0 radical (unpaired) electrons. The van der Waals surface area contributed by atoms with E-state index in [2.05, 4.69) is 26.5 Å². The van der Waals surface area contributed by atoms with Crippen LogP contribution < -0.4 is 14.9 Å². The van der Waals surface area contributed by atoms with Crippen molar-refractivity contribution in [2.24, 2.45) is 5.10 Å². The first-order valence-electron chi connectivity index (χ1n) is 9.68. The van der Waals surface area contributed by atoms with Gasteiger partial charge in [-0.15, -0.1) is 0 Å². The van der Waals surface area contributed by atoms with Gasteiger partial charge in [0.1, 0.15) is 12.4 Å². The largest absolute Gasteiger partial charge is 0.490 e. The summed E-state index contributed by atoms with van der Waals surface area (Å²) in [6, 6.07) is 18.7. The Balaban J connectivity index is 1.73. The zero-order chi connectivity index (χ0) is 22.9. The molecule has 0 spiro atoms. The first kappa shape index (κ1) is 23.0. The standard InChI is InChI=1S/C24H19BrFN3O3/c1-2-31-22-12-18(10-20(25)23(22)32-15-16-6-4-3-5-7-16)14-28-29-24(30)19-9-8-17(13-27)11-21(19)26/h3-12,14H,2,15H2,1H3,(H,29,30)/b28-14+. The minimum absolute atomic E-state index is 0.130. The highest BCUT2D eigenvalue weighted by atomic mass is 79.9. The Morgan fingerprint density at radius 2 is 1.97 bits per heavy atom. The molecule has 0 bridgehead atoms. The van der Waals surface area contributed by atoms with Crippen LogP contribution in [0.4, 0.5) is 4.39 Å². The summed E-state index contributed by atoms with van der Waals surface area (Å²) in [5, 5.41) is 12.7. The van der Waals surface area contributed by atoms with Crippen LogP contribution in [0.5, 0.6) is 11.5 Å². The molecule has 0 saturated carbocycles. The van der Waals surface area contributed by atoms with Gasteiger partial charge in [0, 0.05) is 0 Å². The van der Waals surface area contributed by atoms with E-state index in [1.807, 2.05) is 43.3 Å². The molecule has 1 amide bonds. The topological polar surface area (TPSA) is 83.7 Å². The van der Waals surface area contributed by atoms with Gasteiger partial charge < -0.3 is 9.47 Å². The number of carbonyl (C=O) groups excluding carboxylic acids is 1. The van der Waals surface area contributed by atoms with Gasteiger partial charge in [0.05, 0.1) is 34.5 Å². The zero-order valence-corrected chi connectivity index (χ0v) is 18.7. The van der Waals surface area contributed by atoms with E-state index in [-0.39, 0.29) is 11.1 Å². The van der Waals surface area contributed by atoms with Crippen LogP contribution in [0.2, 0.25) is 0 Å². The molecular weight excluding hydrogens is 477 g/mol. The highest BCUT2D eigenvalue weighted by Crippen LogP contribution is 2.37. The van der Waals surface area contributed by atoms with Crippen LogP contribution in [-0.4, -0.2) is 18.7 Å². The predicted molar refractivity (Wildman–Crippen MR) is 122 cm³/mol. The van der Waals surface area contributed by atoms with Gasteiger partial charge in [-0.25, -0.2) is 9.82 Å². The molecule has 32 heavy (non-hydrogen) atoms. The normalized spacial score (nSPS) is 10.6. The molecule has 0 saturated heterocycles. The third-order valence-corrected chi connectivity index (χ3v) is 4.87. The van der Waals surface area contributed by atoms with Crippen LogP contribution in [0.15, 0.2) is 70.2 Å². The van der Waals surface area contributed by atoms with Gasteiger partial charge in [0.15, 0.2) is 11.5 Å². The van der Waals surface area contributed by atoms with E-state index >= 15 is 0 Å².